The van der Waals surface area contributed by atoms with Gasteiger partial charge < -0.3 is 10.1 Å². The van der Waals surface area contributed by atoms with Gasteiger partial charge in [0.1, 0.15) is 18.1 Å². The number of fused-ring (bicyclic) bond motifs is 1. The average molecular weight is 309 g/mol. The predicted octanol–water partition coefficient (Wildman–Crippen LogP) is 3.13. The van der Waals surface area contributed by atoms with E-state index in [1.807, 2.05) is 24.3 Å². The lowest BCUT2D eigenvalue weighted by molar-refractivity contribution is 0.414. The minimum atomic E-state index is -0.293. The van der Waals surface area contributed by atoms with Gasteiger partial charge in [0.2, 0.25) is 5.95 Å². The van der Waals surface area contributed by atoms with Crippen molar-refractivity contribution in [2.45, 2.75) is 26.8 Å². The van der Waals surface area contributed by atoms with E-state index in [1.54, 1.807) is 11.8 Å². The van der Waals surface area contributed by atoms with Gasteiger partial charge in [0.05, 0.1) is 18.8 Å². The number of allylic oxidation sites excluding steroid dienone is 2. The Labute approximate surface area is 135 Å². The second-order valence-corrected chi connectivity index (χ2v) is 6.48. The quantitative estimate of drug-likeness (QED) is 0.922. The van der Waals surface area contributed by atoms with Crippen LogP contribution in [0, 0.1) is 16.7 Å². The molecule has 118 valence electrons. The number of nitrogens with zero attached hydrogens (tertiary/aromatic N) is 4. The number of nitrogens with one attached hydrogen (secondary N) is 1. The van der Waals surface area contributed by atoms with Gasteiger partial charge in [0.25, 0.3) is 0 Å². The minimum Gasteiger partial charge on any atom is -0.497 e. The standard InChI is InChI=1S/C17H19N5O/c1-17(2,3)15-13(9-18)14(22-16(21-15)19-10-20-22)11-5-7-12(23-4)8-6-11/h5-8,10,14H,1-4H3,(H,19,20,21). The topological polar surface area (TPSA) is 75.8 Å². The summed E-state index contributed by atoms with van der Waals surface area (Å²) in [6, 6.07) is 9.76. The van der Waals surface area contributed by atoms with Gasteiger partial charge in [-0.25, -0.2) is 4.68 Å². The van der Waals surface area contributed by atoms with E-state index in [-0.39, 0.29) is 11.5 Å². The minimum absolute atomic E-state index is 0.201. The Morgan fingerprint density at radius 2 is 1.96 bits per heavy atom. The normalized spacial score (nSPS) is 17.3. The van der Waals surface area contributed by atoms with Crippen LogP contribution in [0.1, 0.15) is 32.4 Å². The predicted molar refractivity (Wildman–Crippen MR) is 86.9 cm³/mol. The fourth-order valence-corrected chi connectivity index (χ4v) is 2.77. The summed E-state index contributed by atoms with van der Waals surface area (Å²) in [5.41, 5.74) is 2.30. The largest absolute Gasteiger partial charge is 0.497 e. The molecule has 6 nitrogen and oxygen atoms in total. The van der Waals surface area contributed by atoms with Crippen LogP contribution in [0.4, 0.5) is 5.95 Å². The van der Waals surface area contributed by atoms with Crippen LogP contribution in [0.5, 0.6) is 5.75 Å². The zero-order valence-corrected chi connectivity index (χ0v) is 13.7. The first-order valence-electron chi connectivity index (χ1n) is 7.41. The fraction of sp³-hybridized carbons (Fsp3) is 0.353. The number of methoxy groups -OCH3 is 1. The molecule has 0 amide bonds. The van der Waals surface area contributed by atoms with Gasteiger partial charge in [-0.05, 0) is 17.7 Å². The third-order valence-electron chi connectivity index (χ3n) is 3.90. The number of rotatable bonds is 2. The molecule has 6 heteroatoms. The molecule has 0 spiro atoms. The lowest BCUT2D eigenvalue weighted by atomic mass is 9.84. The number of hydrogen-bond acceptors (Lipinski definition) is 5. The molecule has 0 saturated heterocycles. The van der Waals surface area contributed by atoms with Crippen LogP contribution in [0.25, 0.3) is 0 Å². The maximum Gasteiger partial charge on any atom is 0.226 e. The molecular formula is C17H19N5O. The van der Waals surface area contributed by atoms with Crippen molar-refractivity contribution in [3.63, 3.8) is 0 Å². The number of nitriles is 1. The molecule has 1 aromatic carbocycles. The maximum absolute atomic E-state index is 9.79. The van der Waals surface area contributed by atoms with Gasteiger partial charge in [-0.2, -0.15) is 15.3 Å². The van der Waals surface area contributed by atoms with E-state index < -0.39 is 0 Å². The number of hydrogen-bond donors (Lipinski definition) is 1. The van der Waals surface area contributed by atoms with Gasteiger partial charge >= 0.3 is 0 Å². The molecule has 1 aliphatic heterocycles. The average Bonchev–Trinajstić information content (AvgIpc) is 3.00. The Hall–Kier alpha value is -2.81. The second kappa shape index (κ2) is 5.43. The van der Waals surface area contributed by atoms with E-state index in [1.165, 1.54) is 6.33 Å². The molecule has 1 unspecified atom stereocenters. The van der Waals surface area contributed by atoms with Crippen LogP contribution < -0.4 is 10.1 Å². The molecular weight excluding hydrogens is 290 g/mol. The lowest BCUT2D eigenvalue weighted by Gasteiger charge is -2.33. The summed E-state index contributed by atoms with van der Waals surface area (Å²) in [6.07, 6.45) is 1.50. The summed E-state index contributed by atoms with van der Waals surface area (Å²) >= 11 is 0. The SMILES string of the molecule is COc1ccc(C2C(C#N)=C(C(C)(C)C)Nc3ncnn32)cc1. The first-order chi connectivity index (χ1) is 11.0. The third-order valence-corrected chi connectivity index (χ3v) is 3.90. The monoisotopic (exact) mass is 309 g/mol. The van der Waals surface area contributed by atoms with Crippen LogP contribution in [-0.4, -0.2) is 21.9 Å². The fourth-order valence-electron chi connectivity index (χ4n) is 2.77. The number of ether oxygens (including phenoxy) is 1. The molecule has 2 heterocycles. The summed E-state index contributed by atoms with van der Waals surface area (Å²) in [4.78, 5) is 4.27. The first-order valence-corrected chi connectivity index (χ1v) is 7.41. The molecule has 1 atom stereocenters. The number of anilines is 1. The second-order valence-electron chi connectivity index (χ2n) is 6.48. The maximum atomic E-state index is 9.79. The van der Waals surface area contributed by atoms with Gasteiger partial charge in [-0.15, -0.1) is 0 Å². The van der Waals surface area contributed by atoms with Crippen LogP contribution >= 0.6 is 0 Å². The molecule has 0 aliphatic carbocycles. The van der Waals surface area contributed by atoms with Crippen molar-refractivity contribution in [3.05, 3.63) is 47.4 Å². The van der Waals surface area contributed by atoms with Crippen molar-refractivity contribution in [3.8, 4) is 11.8 Å². The van der Waals surface area contributed by atoms with E-state index in [2.05, 4.69) is 42.2 Å². The van der Waals surface area contributed by atoms with E-state index in [9.17, 15) is 5.26 Å². The third kappa shape index (κ3) is 2.55. The van der Waals surface area contributed by atoms with Crippen LogP contribution in [-0.2, 0) is 0 Å². The molecule has 3 rings (SSSR count). The molecule has 1 aromatic heterocycles. The lowest BCUT2D eigenvalue weighted by Crippen LogP contribution is -2.30. The van der Waals surface area contributed by atoms with Gasteiger partial charge in [-0.3, -0.25) is 0 Å². The van der Waals surface area contributed by atoms with Crippen LogP contribution in [0.2, 0.25) is 0 Å². The van der Waals surface area contributed by atoms with Gasteiger partial charge in [-0.1, -0.05) is 32.9 Å². The van der Waals surface area contributed by atoms with Gasteiger partial charge in [0, 0.05) is 11.1 Å². The zero-order chi connectivity index (χ0) is 16.6. The van der Waals surface area contributed by atoms with Gasteiger partial charge in [0.15, 0.2) is 0 Å². The Morgan fingerprint density at radius 3 is 2.52 bits per heavy atom. The highest BCUT2D eigenvalue weighted by Gasteiger charge is 2.35. The summed E-state index contributed by atoms with van der Waals surface area (Å²) in [5, 5.41) is 17.3. The van der Waals surface area contributed by atoms with Crippen molar-refractivity contribution < 1.29 is 4.74 Å². The Kier molecular flexibility index (Phi) is 3.57. The molecule has 0 bridgehead atoms. The summed E-state index contributed by atoms with van der Waals surface area (Å²) < 4.78 is 6.96. The van der Waals surface area contributed by atoms with E-state index in [4.69, 9.17) is 4.74 Å². The molecule has 0 radical (unpaired) electrons. The Morgan fingerprint density at radius 1 is 1.26 bits per heavy atom. The smallest absolute Gasteiger partial charge is 0.226 e. The Balaban J connectivity index is 2.19. The van der Waals surface area contributed by atoms with Crippen molar-refractivity contribution >= 4 is 5.95 Å². The summed E-state index contributed by atoms with van der Waals surface area (Å²) in [6.45, 7) is 6.22. The first kappa shape index (κ1) is 15.1. The molecule has 0 fully saturated rings. The molecule has 1 N–H and O–H groups in total. The van der Waals surface area contributed by atoms with Crippen LogP contribution in [0.3, 0.4) is 0 Å². The number of aromatic nitrogens is 3. The van der Waals surface area contributed by atoms with Crippen molar-refractivity contribution in [1.82, 2.24) is 14.8 Å². The summed E-state index contributed by atoms with van der Waals surface area (Å²) in [7, 11) is 1.63. The van der Waals surface area contributed by atoms with E-state index >= 15 is 0 Å². The van der Waals surface area contributed by atoms with Crippen LogP contribution in [0.15, 0.2) is 41.9 Å². The van der Waals surface area contributed by atoms with E-state index in [0.29, 0.717) is 11.5 Å². The molecule has 0 saturated carbocycles. The van der Waals surface area contributed by atoms with Crippen molar-refractivity contribution in [2.24, 2.45) is 5.41 Å². The number of benzene rings is 1. The summed E-state index contributed by atoms with van der Waals surface area (Å²) in [5.74, 6) is 1.43. The molecule has 1 aliphatic rings. The highest BCUT2D eigenvalue weighted by Crippen LogP contribution is 2.40. The van der Waals surface area contributed by atoms with Crippen molar-refractivity contribution in [2.75, 3.05) is 12.4 Å². The zero-order valence-electron chi connectivity index (χ0n) is 13.7. The highest BCUT2D eigenvalue weighted by atomic mass is 16.5. The highest BCUT2D eigenvalue weighted by molar-refractivity contribution is 5.54. The van der Waals surface area contributed by atoms with Crippen molar-refractivity contribution in [1.29, 1.82) is 5.26 Å². The Bertz CT molecular complexity index is 790. The molecule has 23 heavy (non-hydrogen) atoms. The molecule has 2 aromatic rings. The van der Waals surface area contributed by atoms with E-state index in [0.717, 1.165) is 17.0 Å².